The minimum atomic E-state index is 0.293. The maximum absolute atomic E-state index is 5.97. The fraction of sp³-hybridized carbons (Fsp3) is 0.647. The zero-order valence-corrected chi connectivity index (χ0v) is 15.4. The van der Waals surface area contributed by atoms with E-state index in [1.165, 1.54) is 11.3 Å². The third-order valence-electron chi connectivity index (χ3n) is 4.83. The van der Waals surface area contributed by atoms with Gasteiger partial charge in [0.15, 0.2) is 0 Å². The van der Waals surface area contributed by atoms with E-state index >= 15 is 0 Å². The van der Waals surface area contributed by atoms with Crippen molar-refractivity contribution in [3.8, 4) is 0 Å². The smallest absolute Gasteiger partial charge is 0.230 e. The van der Waals surface area contributed by atoms with Gasteiger partial charge in [-0.15, -0.1) is 0 Å². The molecule has 3 rings (SSSR count). The molecule has 0 aliphatic carbocycles. The fourth-order valence-electron chi connectivity index (χ4n) is 3.39. The second kappa shape index (κ2) is 7.77. The molecular formula is C17H28N8. The molecule has 2 aromatic rings. The average molecular weight is 344 g/mol. The van der Waals surface area contributed by atoms with Crippen LogP contribution in [-0.2, 0) is 26.4 Å². The number of aromatic nitrogens is 5. The van der Waals surface area contributed by atoms with E-state index in [2.05, 4.69) is 44.1 Å². The summed E-state index contributed by atoms with van der Waals surface area (Å²) < 4.78 is 1.98. The molecule has 0 amide bonds. The Morgan fingerprint density at radius 2 is 1.96 bits per heavy atom. The highest BCUT2D eigenvalue weighted by atomic mass is 15.3. The number of nitrogens with two attached hydrogens (primary N) is 1. The van der Waals surface area contributed by atoms with Crippen LogP contribution in [0.5, 0.6) is 0 Å². The van der Waals surface area contributed by atoms with Crippen molar-refractivity contribution in [3.63, 3.8) is 0 Å². The van der Waals surface area contributed by atoms with Crippen LogP contribution in [0.15, 0.2) is 6.33 Å². The number of anilines is 2. The fourth-order valence-corrected chi connectivity index (χ4v) is 3.39. The van der Waals surface area contributed by atoms with E-state index < -0.39 is 0 Å². The van der Waals surface area contributed by atoms with E-state index in [4.69, 9.17) is 5.73 Å². The number of hydrogen-bond acceptors (Lipinski definition) is 7. The molecule has 2 aromatic heterocycles. The van der Waals surface area contributed by atoms with Gasteiger partial charge in [0.1, 0.15) is 6.33 Å². The first-order chi connectivity index (χ1) is 12.1. The molecule has 3 heterocycles. The van der Waals surface area contributed by atoms with Gasteiger partial charge in [0.25, 0.3) is 0 Å². The average Bonchev–Trinajstić information content (AvgIpc) is 2.95. The molecule has 0 unspecified atom stereocenters. The highest BCUT2D eigenvalue weighted by Crippen LogP contribution is 2.18. The first-order valence-electron chi connectivity index (χ1n) is 9.09. The molecule has 1 saturated heterocycles. The minimum Gasteiger partial charge on any atom is -0.350 e. The van der Waals surface area contributed by atoms with Gasteiger partial charge in [-0.1, -0.05) is 13.8 Å². The second-order valence-corrected chi connectivity index (χ2v) is 6.49. The van der Waals surface area contributed by atoms with Crippen LogP contribution < -0.4 is 16.0 Å². The molecule has 0 spiro atoms. The Hall–Kier alpha value is -2.22. The zero-order valence-electron chi connectivity index (χ0n) is 15.4. The van der Waals surface area contributed by atoms with Crippen LogP contribution in [0.4, 0.5) is 11.9 Å². The quantitative estimate of drug-likeness (QED) is 0.814. The van der Waals surface area contributed by atoms with E-state index in [1.807, 2.05) is 11.7 Å². The number of rotatable bonds is 6. The summed E-state index contributed by atoms with van der Waals surface area (Å²) in [5, 5.41) is 7.96. The third kappa shape index (κ3) is 3.89. The van der Waals surface area contributed by atoms with Crippen LogP contribution in [-0.4, -0.2) is 43.9 Å². The summed E-state index contributed by atoms with van der Waals surface area (Å²) in [5.41, 5.74) is 9.61. The van der Waals surface area contributed by atoms with Crippen molar-refractivity contribution >= 4 is 11.9 Å². The second-order valence-electron chi connectivity index (χ2n) is 6.49. The predicted molar refractivity (Wildman–Crippen MR) is 98.5 cm³/mol. The first kappa shape index (κ1) is 17.6. The highest BCUT2D eigenvalue weighted by molar-refractivity contribution is 5.38. The van der Waals surface area contributed by atoms with Crippen LogP contribution in [0.1, 0.15) is 43.6 Å². The van der Waals surface area contributed by atoms with Gasteiger partial charge in [-0.2, -0.15) is 10.1 Å². The van der Waals surface area contributed by atoms with Crippen molar-refractivity contribution in [1.29, 1.82) is 0 Å². The number of aryl methyl sites for hydroxylation is 2. The molecule has 25 heavy (non-hydrogen) atoms. The zero-order chi connectivity index (χ0) is 17.8. The molecule has 0 radical (unpaired) electrons. The maximum Gasteiger partial charge on any atom is 0.230 e. The van der Waals surface area contributed by atoms with Crippen LogP contribution >= 0.6 is 0 Å². The lowest BCUT2D eigenvalue weighted by Gasteiger charge is -2.30. The van der Waals surface area contributed by atoms with Crippen molar-refractivity contribution in [3.05, 3.63) is 23.3 Å². The van der Waals surface area contributed by atoms with Gasteiger partial charge in [-0.05, 0) is 25.7 Å². The lowest BCUT2D eigenvalue weighted by molar-refractivity contribution is 0.495. The Morgan fingerprint density at radius 3 is 2.64 bits per heavy atom. The van der Waals surface area contributed by atoms with Gasteiger partial charge < -0.3 is 16.0 Å². The van der Waals surface area contributed by atoms with Gasteiger partial charge in [-0.25, -0.2) is 9.97 Å². The Labute approximate surface area is 148 Å². The Kier molecular flexibility index (Phi) is 5.47. The lowest BCUT2D eigenvalue weighted by atomic mass is 10.1. The first-order valence-corrected chi connectivity index (χ1v) is 9.09. The van der Waals surface area contributed by atoms with Gasteiger partial charge in [0.2, 0.25) is 11.9 Å². The summed E-state index contributed by atoms with van der Waals surface area (Å²) >= 11 is 0. The largest absolute Gasteiger partial charge is 0.350 e. The third-order valence-corrected chi connectivity index (χ3v) is 4.83. The molecule has 0 aromatic carbocycles. The van der Waals surface area contributed by atoms with Crippen molar-refractivity contribution in [2.75, 3.05) is 23.3 Å². The van der Waals surface area contributed by atoms with Crippen LogP contribution in [0, 0.1) is 0 Å². The number of nitrogens with zero attached hydrogens (tertiary/aromatic N) is 6. The molecule has 8 nitrogen and oxygen atoms in total. The Bertz CT molecular complexity index is 703. The number of piperidine rings is 1. The highest BCUT2D eigenvalue weighted by Gasteiger charge is 2.19. The molecule has 1 aliphatic rings. The van der Waals surface area contributed by atoms with Gasteiger partial charge in [0, 0.05) is 44.0 Å². The number of nitrogens with one attached hydrogen (secondary N) is 1. The summed E-state index contributed by atoms with van der Waals surface area (Å²) in [6.07, 6.45) is 5.40. The van der Waals surface area contributed by atoms with Crippen molar-refractivity contribution < 1.29 is 0 Å². The standard InChI is InChI=1S/C17H28N8/c1-4-14-13(15(5-2)24(3)23-14)10-19-16-20-11-21-17(22-16)25-8-6-12(18)7-9-25/h11-12H,4-10,18H2,1-3H3,(H,19,20,21,22). The van der Waals surface area contributed by atoms with Crippen molar-refractivity contribution in [1.82, 2.24) is 24.7 Å². The molecule has 0 bridgehead atoms. The summed E-state index contributed by atoms with van der Waals surface area (Å²) in [5.74, 6) is 1.33. The Morgan fingerprint density at radius 1 is 1.20 bits per heavy atom. The van der Waals surface area contributed by atoms with Crippen molar-refractivity contribution in [2.45, 2.75) is 52.1 Å². The predicted octanol–water partition coefficient (Wildman–Crippen LogP) is 1.27. The summed E-state index contributed by atoms with van der Waals surface area (Å²) in [6, 6.07) is 0.293. The molecule has 0 saturated carbocycles. The van der Waals surface area contributed by atoms with E-state index in [0.717, 1.165) is 50.4 Å². The van der Waals surface area contributed by atoms with E-state index in [9.17, 15) is 0 Å². The SMILES string of the molecule is CCc1nn(C)c(CC)c1CNc1ncnc(N2CCC(N)CC2)n1. The maximum atomic E-state index is 5.97. The van der Waals surface area contributed by atoms with E-state index in [1.54, 1.807) is 6.33 Å². The molecule has 1 fully saturated rings. The lowest BCUT2D eigenvalue weighted by Crippen LogP contribution is -2.40. The topological polar surface area (TPSA) is 97.8 Å². The van der Waals surface area contributed by atoms with Crippen LogP contribution in [0.2, 0.25) is 0 Å². The Balaban J connectivity index is 1.71. The van der Waals surface area contributed by atoms with Gasteiger partial charge in [-0.3, -0.25) is 4.68 Å². The van der Waals surface area contributed by atoms with Gasteiger partial charge >= 0.3 is 0 Å². The molecule has 3 N–H and O–H groups in total. The van der Waals surface area contributed by atoms with E-state index in [0.29, 0.717) is 18.5 Å². The van der Waals surface area contributed by atoms with Crippen LogP contribution in [0.25, 0.3) is 0 Å². The summed E-state index contributed by atoms with van der Waals surface area (Å²) in [4.78, 5) is 15.3. The number of hydrogen-bond donors (Lipinski definition) is 2. The van der Waals surface area contributed by atoms with Crippen molar-refractivity contribution in [2.24, 2.45) is 12.8 Å². The molecule has 0 atom stereocenters. The molecular weight excluding hydrogens is 316 g/mol. The minimum absolute atomic E-state index is 0.293. The van der Waals surface area contributed by atoms with Gasteiger partial charge in [0.05, 0.1) is 5.69 Å². The molecule has 1 aliphatic heterocycles. The molecule has 136 valence electrons. The van der Waals surface area contributed by atoms with Crippen LogP contribution in [0.3, 0.4) is 0 Å². The monoisotopic (exact) mass is 344 g/mol. The summed E-state index contributed by atoms with van der Waals surface area (Å²) in [7, 11) is 2.00. The normalized spacial score (nSPS) is 15.6. The van der Waals surface area contributed by atoms with E-state index in [-0.39, 0.29) is 0 Å². The summed E-state index contributed by atoms with van der Waals surface area (Å²) in [6.45, 7) is 6.75. The molecule has 8 heteroatoms.